The van der Waals surface area contributed by atoms with Crippen LogP contribution in [0.1, 0.15) is 75.1 Å². The van der Waals surface area contributed by atoms with E-state index in [9.17, 15) is 4.79 Å². The number of carbonyl (C=O) groups excluding carboxylic acids is 1. The molecule has 2 heteroatoms. The number of esters is 1. The van der Waals surface area contributed by atoms with Crippen LogP contribution in [0, 0.1) is 11.8 Å². The van der Waals surface area contributed by atoms with Crippen LogP contribution in [-0.2, 0) is 4.74 Å². The average Bonchev–Trinajstić information content (AvgIpc) is 2.62. The normalized spacial score (nSPS) is 10.4. The first kappa shape index (κ1) is 20.0. The molecular formula is C22H30O2. The van der Waals surface area contributed by atoms with E-state index in [1.165, 1.54) is 32.1 Å². The topological polar surface area (TPSA) is 26.3 Å². The van der Waals surface area contributed by atoms with E-state index in [0.717, 1.165) is 25.7 Å². The minimum atomic E-state index is -0.217. The maximum Gasteiger partial charge on any atom is 0.338 e. The zero-order chi connectivity index (χ0) is 17.3. The molecule has 0 amide bonds. The Morgan fingerprint density at radius 2 is 1.67 bits per heavy atom. The van der Waals surface area contributed by atoms with Crippen LogP contribution in [0.3, 0.4) is 0 Å². The van der Waals surface area contributed by atoms with Gasteiger partial charge in [-0.1, -0.05) is 75.1 Å². The van der Waals surface area contributed by atoms with E-state index in [4.69, 9.17) is 4.74 Å². The maximum atomic E-state index is 11.7. The van der Waals surface area contributed by atoms with Crippen molar-refractivity contribution in [2.75, 3.05) is 6.61 Å². The van der Waals surface area contributed by atoms with Crippen molar-refractivity contribution in [1.29, 1.82) is 0 Å². The first-order valence-electron chi connectivity index (χ1n) is 9.20. The van der Waals surface area contributed by atoms with E-state index in [1.807, 2.05) is 24.3 Å². The molecule has 0 fully saturated rings. The Morgan fingerprint density at radius 3 is 2.38 bits per heavy atom. The number of hydrogen-bond donors (Lipinski definition) is 0. The number of benzene rings is 1. The van der Waals surface area contributed by atoms with E-state index >= 15 is 0 Å². The van der Waals surface area contributed by atoms with Crippen molar-refractivity contribution in [3.05, 3.63) is 48.0 Å². The molecule has 0 aliphatic carbocycles. The van der Waals surface area contributed by atoms with Crippen LogP contribution in [0.15, 0.2) is 42.5 Å². The van der Waals surface area contributed by atoms with Crippen LogP contribution in [0.4, 0.5) is 0 Å². The highest BCUT2D eigenvalue weighted by Crippen LogP contribution is 2.09. The molecule has 0 saturated heterocycles. The number of allylic oxidation sites excluding steroid dienone is 2. The van der Waals surface area contributed by atoms with Crippen molar-refractivity contribution in [2.45, 2.75) is 64.7 Å². The molecule has 0 atom stereocenters. The lowest BCUT2D eigenvalue weighted by Gasteiger charge is -2.04. The van der Waals surface area contributed by atoms with E-state index in [2.05, 4.69) is 24.8 Å². The second kappa shape index (κ2) is 14.6. The van der Waals surface area contributed by atoms with Crippen molar-refractivity contribution >= 4 is 5.97 Å². The lowest BCUT2D eigenvalue weighted by Crippen LogP contribution is -2.06. The third kappa shape index (κ3) is 10.7. The molecule has 0 aromatic heterocycles. The Bertz CT molecular complexity index is 520. The molecule has 0 radical (unpaired) electrons. The Balaban J connectivity index is 1.88. The van der Waals surface area contributed by atoms with Gasteiger partial charge in [-0.25, -0.2) is 4.79 Å². The van der Waals surface area contributed by atoms with Crippen LogP contribution in [0.5, 0.6) is 0 Å². The van der Waals surface area contributed by atoms with Crippen molar-refractivity contribution in [3.8, 4) is 11.8 Å². The second-order valence-corrected chi connectivity index (χ2v) is 5.86. The Hall–Kier alpha value is -2.01. The first-order chi connectivity index (χ1) is 11.8. The standard InChI is InChI=1S/C22H30O2/c1-2-3-4-5-6-7-8-9-10-11-12-13-17-20-24-22(23)21-18-15-14-16-19-21/h3-4,14-16,18-19H,2,7-13,17,20H2,1H3/b4-3-. The molecule has 0 spiro atoms. The number of carbonyl (C=O) groups is 1. The summed E-state index contributed by atoms with van der Waals surface area (Å²) in [6.45, 7) is 2.64. The van der Waals surface area contributed by atoms with Gasteiger partial charge in [0.15, 0.2) is 0 Å². The monoisotopic (exact) mass is 326 g/mol. The average molecular weight is 326 g/mol. The number of ether oxygens (including phenoxy) is 1. The summed E-state index contributed by atoms with van der Waals surface area (Å²) in [5.74, 6) is 6.02. The SMILES string of the molecule is CC/C=C\C#CCCCCCCCCCOC(=O)c1ccccc1. The lowest BCUT2D eigenvalue weighted by molar-refractivity contribution is 0.0497. The van der Waals surface area contributed by atoms with Gasteiger partial charge < -0.3 is 4.74 Å². The molecule has 0 aliphatic heterocycles. The van der Waals surface area contributed by atoms with Gasteiger partial charge in [-0.3, -0.25) is 0 Å². The summed E-state index contributed by atoms with van der Waals surface area (Å²) in [5, 5.41) is 0. The van der Waals surface area contributed by atoms with E-state index in [-0.39, 0.29) is 5.97 Å². The third-order valence-electron chi connectivity index (χ3n) is 3.73. The molecule has 0 heterocycles. The fourth-order valence-electron chi connectivity index (χ4n) is 2.33. The fraction of sp³-hybridized carbons (Fsp3) is 0.500. The molecular weight excluding hydrogens is 296 g/mol. The van der Waals surface area contributed by atoms with E-state index in [1.54, 1.807) is 12.1 Å². The van der Waals surface area contributed by atoms with Gasteiger partial charge in [0, 0.05) is 6.42 Å². The molecule has 0 aliphatic rings. The summed E-state index contributed by atoms with van der Waals surface area (Å²) >= 11 is 0. The fourth-order valence-corrected chi connectivity index (χ4v) is 2.33. The molecule has 0 bridgehead atoms. The highest BCUT2D eigenvalue weighted by atomic mass is 16.5. The van der Waals surface area contributed by atoms with Crippen LogP contribution in [-0.4, -0.2) is 12.6 Å². The van der Waals surface area contributed by atoms with Gasteiger partial charge in [0.05, 0.1) is 12.2 Å². The molecule has 2 nitrogen and oxygen atoms in total. The van der Waals surface area contributed by atoms with E-state index in [0.29, 0.717) is 12.2 Å². The van der Waals surface area contributed by atoms with Gasteiger partial charge in [-0.05, 0) is 37.5 Å². The maximum absolute atomic E-state index is 11.7. The van der Waals surface area contributed by atoms with Crippen molar-refractivity contribution < 1.29 is 9.53 Å². The van der Waals surface area contributed by atoms with Crippen LogP contribution >= 0.6 is 0 Å². The smallest absolute Gasteiger partial charge is 0.338 e. The van der Waals surface area contributed by atoms with Crippen LogP contribution in [0.25, 0.3) is 0 Å². The zero-order valence-corrected chi connectivity index (χ0v) is 14.9. The van der Waals surface area contributed by atoms with Crippen LogP contribution < -0.4 is 0 Å². The molecule has 0 saturated carbocycles. The minimum absolute atomic E-state index is 0.217. The van der Waals surface area contributed by atoms with E-state index < -0.39 is 0 Å². The molecule has 24 heavy (non-hydrogen) atoms. The largest absolute Gasteiger partial charge is 0.462 e. The van der Waals surface area contributed by atoms with Gasteiger partial charge in [0.1, 0.15) is 0 Å². The number of rotatable bonds is 11. The Morgan fingerprint density at radius 1 is 1.00 bits per heavy atom. The Kier molecular flexibility index (Phi) is 12.2. The highest BCUT2D eigenvalue weighted by Gasteiger charge is 2.04. The van der Waals surface area contributed by atoms with Crippen LogP contribution in [0.2, 0.25) is 0 Å². The summed E-state index contributed by atoms with van der Waals surface area (Å²) in [5.41, 5.74) is 0.630. The third-order valence-corrected chi connectivity index (χ3v) is 3.73. The van der Waals surface area contributed by atoms with Gasteiger partial charge in [0.25, 0.3) is 0 Å². The predicted molar refractivity (Wildman–Crippen MR) is 101 cm³/mol. The summed E-state index contributed by atoms with van der Waals surface area (Å²) in [7, 11) is 0. The number of unbranched alkanes of at least 4 members (excludes halogenated alkanes) is 7. The highest BCUT2D eigenvalue weighted by molar-refractivity contribution is 5.89. The molecule has 0 unspecified atom stereocenters. The van der Waals surface area contributed by atoms with Crippen molar-refractivity contribution in [2.24, 2.45) is 0 Å². The lowest BCUT2D eigenvalue weighted by atomic mass is 10.1. The molecule has 1 rings (SSSR count). The minimum Gasteiger partial charge on any atom is -0.462 e. The summed E-state index contributed by atoms with van der Waals surface area (Å²) in [6, 6.07) is 9.17. The van der Waals surface area contributed by atoms with Gasteiger partial charge in [-0.15, -0.1) is 0 Å². The summed E-state index contributed by atoms with van der Waals surface area (Å²) < 4.78 is 5.27. The number of hydrogen-bond acceptors (Lipinski definition) is 2. The van der Waals surface area contributed by atoms with Crippen molar-refractivity contribution in [3.63, 3.8) is 0 Å². The Labute approximate surface area is 147 Å². The first-order valence-corrected chi connectivity index (χ1v) is 9.20. The predicted octanol–water partition coefficient (Wildman–Crippen LogP) is 5.93. The summed E-state index contributed by atoms with van der Waals surface area (Å²) in [4.78, 5) is 11.7. The van der Waals surface area contributed by atoms with Gasteiger partial charge in [-0.2, -0.15) is 0 Å². The van der Waals surface area contributed by atoms with Crippen molar-refractivity contribution in [1.82, 2.24) is 0 Å². The molecule has 1 aromatic rings. The molecule has 130 valence electrons. The second-order valence-electron chi connectivity index (χ2n) is 5.86. The van der Waals surface area contributed by atoms with Gasteiger partial charge in [0.2, 0.25) is 0 Å². The quantitative estimate of drug-likeness (QED) is 0.286. The zero-order valence-electron chi connectivity index (χ0n) is 14.9. The molecule has 1 aromatic carbocycles. The molecule has 0 N–H and O–H groups in total. The van der Waals surface area contributed by atoms with Gasteiger partial charge >= 0.3 is 5.97 Å². The summed E-state index contributed by atoms with van der Waals surface area (Å²) in [6.07, 6.45) is 14.4.